The smallest absolute Gasteiger partial charge is 0.203 e. The average Bonchev–Trinajstić information content (AvgIpc) is 2.87. The van der Waals surface area contributed by atoms with Gasteiger partial charge in [0.2, 0.25) is 5.75 Å². The third-order valence-electron chi connectivity index (χ3n) is 5.27. The van der Waals surface area contributed by atoms with Crippen LogP contribution in [0, 0.1) is 0 Å². The Morgan fingerprint density at radius 3 is 1.94 bits per heavy atom. The summed E-state index contributed by atoms with van der Waals surface area (Å²) >= 11 is 0. The lowest BCUT2D eigenvalue weighted by atomic mass is 10.1. The van der Waals surface area contributed by atoms with Crippen molar-refractivity contribution in [3.8, 4) is 40.1 Å². The van der Waals surface area contributed by atoms with Crippen LogP contribution in [0.1, 0.15) is 0 Å². The van der Waals surface area contributed by atoms with Gasteiger partial charge in [-0.3, -0.25) is 0 Å². The molecule has 4 aromatic rings. The van der Waals surface area contributed by atoms with Crippen molar-refractivity contribution in [3.63, 3.8) is 0 Å². The van der Waals surface area contributed by atoms with Crippen molar-refractivity contribution in [2.45, 2.75) is 0 Å². The van der Waals surface area contributed by atoms with Gasteiger partial charge in [0.05, 0.1) is 41.1 Å². The van der Waals surface area contributed by atoms with Gasteiger partial charge in [0.15, 0.2) is 28.8 Å². The zero-order valence-corrected chi connectivity index (χ0v) is 19.6. The van der Waals surface area contributed by atoms with Gasteiger partial charge < -0.3 is 34.7 Å². The topological polar surface area (TPSA) is 110 Å². The Balaban J connectivity index is 1.93. The molecule has 3 aromatic carbocycles. The van der Waals surface area contributed by atoms with Crippen molar-refractivity contribution in [2.75, 3.05) is 46.6 Å². The standard InChI is InChI=1S/C25H26N4O5/c1-30-19-12-17-18(13-20(19)31-2)28-24(14-7-6-8-15(26)9-14)29-25(17)27-16-10-21(32-3)23(34-5)22(11-16)33-4/h6-13H,26H2,1-5H3,(H,27,28,29). The summed E-state index contributed by atoms with van der Waals surface area (Å²) in [5.74, 6) is 3.69. The Bertz CT molecular complexity index is 1320. The van der Waals surface area contributed by atoms with Crippen LogP contribution in [0.4, 0.5) is 17.2 Å². The number of ether oxygens (including phenoxy) is 5. The molecule has 9 heteroatoms. The first-order chi connectivity index (χ1) is 16.5. The SMILES string of the molecule is COc1cc2nc(-c3cccc(N)c3)nc(Nc3cc(OC)c(OC)c(OC)c3)c2cc1OC. The largest absolute Gasteiger partial charge is 0.493 e. The summed E-state index contributed by atoms with van der Waals surface area (Å²) in [5, 5.41) is 4.10. The fourth-order valence-electron chi connectivity index (χ4n) is 3.65. The van der Waals surface area contributed by atoms with Gasteiger partial charge in [-0.2, -0.15) is 0 Å². The van der Waals surface area contributed by atoms with Crippen molar-refractivity contribution in [2.24, 2.45) is 0 Å². The molecule has 0 unspecified atom stereocenters. The van der Waals surface area contributed by atoms with Crippen molar-refractivity contribution >= 4 is 28.1 Å². The van der Waals surface area contributed by atoms with Crippen LogP contribution in [0.25, 0.3) is 22.3 Å². The van der Waals surface area contributed by atoms with Crippen LogP contribution in [-0.4, -0.2) is 45.5 Å². The van der Waals surface area contributed by atoms with Crippen LogP contribution in [0.5, 0.6) is 28.7 Å². The van der Waals surface area contributed by atoms with Gasteiger partial charge in [-0.25, -0.2) is 9.97 Å². The number of rotatable bonds is 8. The molecule has 0 aliphatic carbocycles. The van der Waals surface area contributed by atoms with Crippen molar-refractivity contribution in [1.29, 1.82) is 0 Å². The Hall–Kier alpha value is -4.40. The molecule has 3 N–H and O–H groups in total. The van der Waals surface area contributed by atoms with E-state index < -0.39 is 0 Å². The van der Waals surface area contributed by atoms with Gasteiger partial charge in [0.25, 0.3) is 0 Å². The third kappa shape index (κ3) is 4.27. The molecule has 176 valence electrons. The minimum absolute atomic E-state index is 0.495. The van der Waals surface area contributed by atoms with Gasteiger partial charge in [0.1, 0.15) is 5.82 Å². The summed E-state index contributed by atoms with van der Waals surface area (Å²) in [7, 11) is 7.85. The first-order valence-electron chi connectivity index (χ1n) is 10.4. The molecule has 0 radical (unpaired) electrons. The molecule has 4 rings (SSSR count). The van der Waals surface area contributed by atoms with E-state index >= 15 is 0 Å². The van der Waals surface area contributed by atoms with Gasteiger partial charge in [-0.15, -0.1) is 0 Å². The Labute approximate surface area is 197 Å². The summed E-state index contributed by atoms with van der Waals surface area (Å²) < 4.78 is 27.4. The number of methoxy groups -OCH3 is 5. The molecule has 0 amide bonds. The molecule has 0 saturated heterocycles. The highest BCUT2D eigenvalue weighted by molar-refractivity contribution is 5.95. The lowest BCUT2D eigenvalue weighted by Gasteiger charge is -2.17. The summed E-state index contributed by atoms with van der Waals surface area (Å²) in [6.07, 6.45) is 0. The average molecular weight is 463 g/mol. The van der Waals surface area contributed by atoms with Crippen LogP contribution >= 0.6 is 0 Å². The number of aromatic nitrogens is 2. The van der Waals surface area contributed by atoms with E-state index in [1.165, 1.54) is 0 Å². The molecule has 0 fully saturated rings. The summed E-state index contributed by atoms with van der Waals surface area (Å²) in [6.45, 7) is 0. The second-order valence-electron chi connectivity index (χ2n) is 7.28. The fourth-order valence-corrected chi connectivity index (χ4v) is 3.65. The maximum absolute atomic E-state index is 6.00. The van der Waals surface area contributed by atoms with Gasteiger partial charge in [0, 0.05) is 40.5 Å². The van der Waals surface area contributed by atoms with E-state index in [2.05, 4.69) is 5.32 Å². The first-order valence-corrected chi connectivity index (χ1v) is 10.4. The van der Waals surface area contributed by atoms with Gasteiger partial charge >= 0.3 is 0 Å². The predicted octanol–water partition coefficient (Wildman–Crippen LogP) is 4.67. The van der Waals surface area contributed by atoms with E-state index in [1.807, 2.05) is 36.4 Å². The van der Waals surface area contributed by atoms with E-state index in [9.17, 15) is 0 Å². The first kappa shape index (κ1) is 22.8. The number of nitrogens with zero attached hydrogens (tertiary/aromatic N) is 2. The lowest BCUT2D eigenvalue weighted by molar-refractivity contribution is 0.324. The number of anilines is 3. The molecular formula is C25H26N4O5. The third-order valence-corrected chi connectivity index (χ3v) is 5.27. The number of hydrogen-bond donors (Lipinski definition) is 2. The van der Waals surface area contributed by atoms with Gasteiger partial charge in [-0.05, 0) is 18.2 Å². The maximum Gasteiger partial charge on any atom is 0.203 e. The van der Waals surface area contributed by atoms with Crippen molar-refractivity contribution < 1.29 is 23.7 Å². The van der Waals surface area contributed by atoms with Crippen molar-refractivity contribution in [3.05, 3.63) is 48.5 Å². The van der Waals surface area contributed by atoms with Crippen LogP contribution < -0.4 is 34.7 Å². The highest BCUT2D eigenvalue weighted by atomic mass is 16.5. The number of nitrogens with one attached hydrogen (secondary N) is 1. The van der Waals surface area contributed by atoms with Crippen LogP contribution in [0.2, 0.25) is 0 Å². The highest BCUT2D eigenvalue weighted by Gasteiger charge is 2.17. The molecule has 0 aliphatic heterocycles. The molecule has 0 aliphatic rings. The maximum atomic E-state index is 6.00. The Morgan fingerprint density at radius 2 is 1.35 bits per heavy atom. The predicted molar refractivity (Wildman–Crippen MR) is 132 cm³/mol. The Kier molecular flexibility index (Phi) is 6.44. The molecule has 34 heavy (non-hydrogen) atoms. The minimum atomic E-state index is 0.495. The Morgan fingerprint density at radius 1 is 0.706 bits per heavy atom. The van der Waals surface area contributed by atoms with Crippen molar-refractivity contribution in [1.82, 2.24) is 9.97 Å². The molecule has 9 nitrogen and oxygen atoms in total. The lowest BCUT2D eigenvalue weighted by Crippen LogP contribution is -2.02. The minimum Gasteiger partial charge on any atom is -0.493 e. The molecule has 0 bridgehead atoms. The fraction of sp³-hybridized carbons (Fsp3) is 0.200. The second kappa shape index (κ2) is 9.62. The zero-order valence-electron chi connectivity index (χ0n) is 19.6. The molecule has 1 heterocycles. The van der Waals surface area contributed by atoms with Crippen LogP contribution in [0.3, 0.4) is 0 Å². The highest BCUT2D eigenvalue weighted by Crippen LogP contribution is 2.42. The zero-order chi connectivity index (χ0) is 24.2. The second-order valence-corrected chi connectivity index (χ2v) is 7.28. The number of hydrogen-bond acceptors (Lipinski definition) is 9. The van der Waals surface area contributed by atoms with Crippen LogP contribution in [0.15, 0.2) is 48.5 Å². The number of fused-ring (bicyclic) bond motifs is 1. The molecular weight excluding hydrogens is 436 g/mol. The van der Waals surface area contributed by atoms with E-state index in [-0.39, 0.29) is 0 Å². The van der Waals surface area contributed by atoms with Crippen LogP contribution in [-0.2, 0) is 0 Å². The van der Waals surface area contributed by atoms with E-state index in [4.69, 9.17) is 39.4 Å². The normalized spacial score (nSPS) is 10.6. The summed E-state index contributed by atoms with van der Waals surface area (Å²) in [6, 6.07) is 14.6. The quantitative estimate of drug-likeness (QED) is 0.361. The summed E-state index contributed by atoms with van der Waals surface area (Å²) in [5.41, 5.74) is 8.75. The monoisotopic (exact) mass is 462 g/mol. The van der Waals surface area contributed by atoms with E-state index in [1.54, 1.807) is 47.7 Å². The molecule has 0 atom stereocenters. The molecule has 1 aromatic heterocycles. The summed E-state index contributed by atoms with van der Waals surface area (Å²) in [4.78, 5) is 9.56. The molecule has 0 spiro atoms. The number of nitrogen functional groups attached to an aromatic ring is 1. The van der Waals surface area contributed by atoms with E-state index in [0.717, 1.165) is 10.9 Å². The number of nitrogens with two attached hydrogens (primary N) is 1. The van der Waals surface area contributed by atoms with Gasteiger partial charge in [-0.1, -0.05) is 12.1 Å². The van der Waals surface area contributed by atoms with E-state index in [0.29, 0.717) is 57.3 Å². The number of benzene rings is 3. The molecule has 0 saturated carbocycles.